The largest absolute Gasteiger partial charge is 0.461 e. The van der Waals surface area contributed by atoms with Gasteiger partial charge < -0.3 is 32.4 Å². The van der Waals surface area contributed by atoms with Gasteiger partial charge in [-0.1, -0.05) is 74.7 Å². The van der Waals surface area contributed by atoms with E-state index in [2.05, 4.69) is 13.2 Å². The van der Waals surface area contributed by atoms with E-state index in [4.69, 9.17) is 14.3 Å². The maximum atomic E-state index is 10.5. The number of ether oxygens (including phenoxy) is 1. The third kappa shape index (κ3) is 48.6. The Morgan fingerprint density at radius 2 is 1.09 bits per heavy atom. The number of esters is 1. The van der Waals surface area contributed by atoms with Crippen LogP contribution in [-0.4, -0.2) is 12.1 Å². The molecule has 0 spiro atoms. The molecule has 0 saturated carbocycles. The molecule has 6 heteroatoms. The Bertz CT molecular complexity index is 715. The number of rotatable bonds is 2. The van der Waals surface area contributed by atoms with E-state index < -0.39 is 0 Å². The van der Waals surface area contributed by atoms with Crippen LogP contribution in [0.15, 0.2) is 48.5 Å². The van der Waals surface area contributed by atoms with Crippen molar-refractivity contribution in [1.82, 2.24) is 0 Å². The molecule has 0 aliphatic heterocycles. The summed E-state index contributed by atoms with van der Waals surface area (Å²) in [5, 5.41) is 2.08. The molecule has 0 saturated heterocycles. The zero-order valence-electron chi connectivity index (χ0n) is 21.7. The van der Waals surface area contributed by atoms with E-state index in [9.17, 15) is 4.79 Å². The molecule has 0 heterocycles. The number of carbonyl (C=O) groups is 1. The van der Waals surface area contributed by atoms with Crippen molar-refractivity contribution < 1.29 is 84.5 Å². The van der Waals surface area contributed by atoms with Gasteiger partial charge >= 0.3 is 12.1 Å². The van der Waals surface area contributed by atoms with Crippen molar-refractivity contribution in [3.63, 3.8) is 0 Å². The van der Waals surface area contributed by atoms with E-state index in [1.54, 1.807) is 0 Å². The Balaban J connectivity index is -0.0000000454. The van der Waals surface area contributed by atoms with Crippen LogP contribution in [0.5, 0.6) is 0 Å². The summed E-state index contributed by atoms with van der Waals surface area (Å²) in [6.07, 6.45) is 4.25. The summed E-state index contributed by atoms with van der Waals surface area (Å²) >= 11 is 0. The van der Waals surface area contributed by atoms with Gasteiger partial charge in [-0.25, -0.2) is 0 Å². The summed E-state index contributed by atoms with van der Waals surface area (Å²) in [5.74, 6) is -0.240. The van der Waals surface area contributed by atoms with E-state index in [1.807, 2.05) is 96.0 Å². The van der Waals surface area contributed by atoms with Crippen LogP contribution in [0.25, 0.3) is 13.2 Å². The maximum Gasteiger partial charge on any atom is 0.373 e. The second-order valence-corrected chi connectivity index (χ2v) is 5.82. The minimum Gasteiger partial charge on any atom is -0.461 e. The van der Waals surface area contributed by atoms with E-state index in [-0.39, 0.29) is 99.8 Å². The Morgan fingerprint density at radius 1 is 0.824 bits per heavy atom. The van der Waals surface area contributed by atoms with Crippen LogP contribution >= 0.6 is 0 Å². The molecule has 34 heavy (non-hydrogen) atoms. The summed E-state index contributed by atoms with van der Waals surface area (Å²) in [5.41, 5.74) is 2.23. The second kappa shape index (κ2) is 42.4. The number of hydrogen-bond donors (Lipinski definition) is 0. The van der Waals surface area contributed by atoms with Crippen molar-refractivity contribution in [2.45, 2.75) is 55.6 Å². The van der Waals surface area contributed by atoms with E-state index in [0.717, 1.165) is 16.0 Å². The molecule has 190 valence electrons. The van der Waals surface area contributed by atoms with Gasteiger partial charge in [0.15, 0.2) is 0 Å². The van der Waals surface area contributed by atoms with Gasteiger partial charge in [0, 0.05) is 72.3 Å². The number of benzene rings is 2. The minimum atomic E-state index is -0.240. The SMILES string of the molecule is C.C=c1ccc(=C)cc1.CC(=O)OCc1ccc(C)cc1.C[CH-]C.C[CH-]C.O=C=O.[CH3-].[CH3-].[Y].[Y]. The fraction of sp³-hybridized carbons (Fsp3) is 0.286. The molecule has 0 aliphatic carbocycles. The van der Waals surface area contributed by atoms with Crippen LogP contribution in [0.1, 0.15) is 53.2 Å². The zero-order valence-corrected chi connectivity index (χ0v) is 27.4. The molecule has 0 amide bonds. The summed E-state index contributed by atoms with van der Waals surface area (Å²) < 4.78 is 4.83. The number of hydrogen-bond acceptors (Lipinski definition) is 4. The average Bonchev–Trinajstić information content (AvgIpc) is 2.66. The summed E-state index contributed by atoms with van der Waals surface area (Å²) in [4.78, 5) is 26.7. The first-order valence-corrected chi connectivity index (χ1v) is 9.12. The van der Waals surface area contributed by atoms with E-state index in [0.29, 0.717) is 6.61 Å². The van der Waals surface area contributed by atoms with Crippen LogP contribution in [0.2, 0.25) is 0 Å². The van der Waals surface area contributed by atoms with Crippen LogP contribution in [-0.2, 0) is 91.1 Å². The normalized spacial score (nSPS) is 6.76. The molecule has 4 nitrogen and oxygen atoms in total. The zero-order chi connectivity index (χ0) is 23.1. The third-order valence-corrected chi connectivity index (χ3v) is 2.59. The average molecular weight is 622 g/mol. The number of carbonyl (C=O) groups excluding carboxylic acids is 3. The maximum absolute atomic E-state index is 10.5. The Hall–Kier alpha value is -0.762. The molecule has 0 aromatic heterocycles. The molecule has 2 radical (unpaired) electrons. The molecule has 0 aliphatic rings. The molecular weight excluding hydrogens is 578 g/mol. The topological polar surface area (TPSA) is 60.4 Å². The molecule has 0 fully saturated rings. The molecule has 2 aromatic rings. The molecule has 0 unspecified atom stereocenters. The monoisotopic (exact) mass is 622 g/mol. The van der Waals surface area contributed by atoms with Crippen molar-refractivity contribution in [1.29, 1.82) is 0 Å². The van der Waals surface area contributed by atoms with Gasteiger partial charge in [-0.2, -0.15) is 37.3 Å². The minimum absolute atomic E-state index is 0. The van der Waals surface area contributed by atoms with Crippen LogP contribution in [0, 0.1) is 34.6 Å². The Kier molecular flexibility index (Phi) is 67.6. The first kappa shape index (κ1) is 54.2. The fourth-order valence-electron chi connectivity index (χ4n) is 1.41. The second-order valence-electron chi connectivity index (χ2n) is 5.82. The summed E-state index contributed by atoms with van der Waals surface area (Å²) in [7, 11) is 0. The summed E-state index contributed by atoms with van der Waals surface area (Å²) in [6.45, 7) is 19.3. The quantitative estimate of drug-likeness (QED) is 0.306. The van der Waals surface area contributed by atoms with Crippen LogP contribution < -0.4 is 10.4 Å². The van der Waals surface area contributed by atoms with Crippen molar-refractivity contribution >= 4 is 25.3 Å². The van der Waals surface area contributed by atoms with Gasteiger partial charge in [-0.3, -0.25) is 4.79 Å². The smallest absolute Gasteiger partial charge is 0.373 e. The fourth-order valence-corrected chi connectivity index (χ4v) is 1.41. The summed E-state index contributed by atoms with van der Waals surface area (Å²) in [6, 6.07) is 15.7. The Labute approximate surface area is 260 Å². The first-order valence-electron chi connectivity index (χ1n) is 9.12. The van der Waals surface area contributed by atoms with Gasteiger partial charge in [-0.15, -0.1) is 0 Å². The van der Waals surface area contributed by atoms with Crippen molar-refractivity contribution in [3.05, 3.63) is 97.8 Å². The molecule has 0 bridgehead atoms. The predicted octanol–water partition coefficient (Wildman–Crippen LogP) is 5.97. The van der Waals surface area contributed by atoms with E-state index >= 15 is 0 Å². The van der Waals surface area contributed by atoms with Crippen LogP contribution in [0.4, 0.5) is 0 Å². The molecular formula is C28H44O4Y2-4. The predicted molar refractivity (Wildman–Crippen MR) is 139 cm³/mol. The third-order valence-electron chi connectivity index (χ3n) is 2.59. The van der Waals surface area contributed by atoms with Gasteiger partial charge in [0.2, 0.25) is 0 Å². The molecule has 2 aromatic carbocycles. The first-order chi connectivity index (χ1) is 13.7. The van der Waals surface area contributed by atoms with Crippen LogP contribution in [0.3, 0.4) is 0 Å². The van der Waals surface area contributed by atoms with Crippen molar-refractivity contribution in [3.8, 4) is 0 Å². The number of aryl methyl sites for hydroxylation is 1. The van der Waals surface area contributed by atoms with Gasteiger partial charge in [0.25, 0.3) is 0 Å². The van der Waals surface area contributed by atoms with E-state index in [1.165, 1.54) is 12.5 Å². The van der Waals surface area contributed by atoms with Gasteiger partial charge in [0.05, 0.1) is 0 Å². The van der Waals surface area contributed by atoms with Gasteiger partial charge in [-0.05, 0) is 22.9 Å². The molecule has 0 N–H and O–H groups in total. The van der Waals surface area contributed by atoms with Crippen molar-refractivity contribution in [2.24, 2.45) is 0 Å². The molecule has 2 rings (SSSR count). The Morgan fingerprint density at radius 3 is 1.32 bits per heavy atom. The van der Waals surface area contributed by atoms with Crippen molar-refractivity contribution in [2.75, 3.05) is 0 Å². The standard InChI is InChI=1S/C10H12O2.C8H8.2C3H7.CO2.CH4.2CH3.2Y/c1-8-3-5-10(6-4-8)7-12-9(2)11;1-7-3-5-8(2)6-4-7;2*1-3-2;2-1-3;;;;;/h3-6H,7H2,1-2H3;3-6H,1-2H2;2*3H,1-2H3;;1H4;2*1H3;;/q;;2*-1;;;2*-1;;. The van der Waals surface area contributed by atoms with Gasteiger partial charge in [0.1, 0.15) is 6.61 Å². The molecule has 0 atom stereocenters.